The van der Waals surface area contributed by atoms with Crippen LogP contribution in [0.1, 0.15) is 12.8 Å². The third-order valence-corrected chi connectivity index (χ3v) is 2.86. The van der Waals surface area contributed by atoms with Gasteiger partial charge in [0.15, 0.2) is 0 Å². The molecule has 0 aromatic heterocycles. The number of carbonyl (C=O) groups excluding carboxylic acids is 2. The average molecular weight is 266 g/mol. The molecule has 0 aliphatic carbocycles. The molecule has 0 spiro atoms. The Kier molecular flexibility index (Phi) is 4.43. The lowest BCUT2D eigenvalue weighted by atomic mass is 10.2. The van der Waals surface area contributed by atoms with Crippen molar-refractivity contribution in [2.75, 3.05) is 12.4 Å². The van der Waals surface area contributed by atoms with Crippen molar-refractivity contribution in [2.45, 2.75) is 25.0 Å². The summed E-state index contributed by atoms with van der Waals surface area (Å²) in [7, 11) is -4.42. The van der Waals surface area contributed by atoms with E-state index in [1.54, 1.807) is 0 Å². The van der Waals surface area contributed by atoms with E-state index in [0.29, 0.717) is 0 Å². The molecule has 0 saturated carbocycles. The molecular weight excluding hydrogens is 254 g/mol. The summed E-state index contributed by atoms with van der Waals surface area (Å²) in [4.78, 5) is 22.3. The number of rotatable bonds is 5. The fraction of sp³-hybridized carbons (Fsp3) is 0.750. The quantitative estimate of drug-likeness (QED) is 0.450. The zero-order chi connectivity index (χ0) is 13.1. The van der Waals surface area contributed by atoms with Gasteiger partial charge in [0.25, 0.3) is 0 Å². The maximum Gasteiger partial charge on any atom is 0.347 e. The van der Waals surface area contributed by atoms with Gasteiger partial charge in [0.1, 0.15) is 6.04 Å². The molecule has 0 aromatic carbocycles. The predicted octanol–water partition coefficient (Wildman–Crippen LogP) is -1.89. The van der Waals surface area contributed by atoms with Crippen LogP contribution in [0.25, 0.3) is 0 Å². The van der Waals surface area contributed by atoms with Gasteiger partial charge in [-0.05, 0) is 6.42 Å². The minimum Gasteiger partial charge on any atom is -0.748 e. The number of nitrogens with two attached hydrogens (primary N) is 1. The zero-order valence-electron chi connectivity index (χ0n) is 8.83. The first-order valence-corrected chi connectivity index (χ1v) is 6.43. The molecule has 1 aliphatic heterocycles. The second-order valence-electron chi connectivity index (χ2n) is 3.54. The zero-order valence-corrected chi connectivity index (χ0v) is 9.64. The Morgan fingerprint density at radius 1 is 1.65 bits per heavy atom. The van der Waals surface area contributed by atoms with E-state index in [9.17, 15) is 22.6 Å². The molecule has 1 fully saturated rings. The fourth-order valence-electron chi connectivity index (χ4n) is 1.20. The summed E-state index contributed by atoms with van der Waals surface area (Å²) in [6.45, 7) is 0.168. The van der Waals surface area contributed by atoms with Crippen LogP contribution >= 0.6 is 0 Å². The Bertz CT molecular complexity index is 404. The van der Waals surface area contributed by atoms with Crippen LogP contribution in [-0.4, -0.2) is 49.4 Å². The summed E-state index contributed by atoms with van der Waals surface area (Å²) in [6, 6.07) is -1.24. The summed E-state index contributed by atoms with van der Waals surface area (Å²) < 4.78 is 40.2. The SMILES string of the molecule is NC(CCS(=O)(=O)[O-])C(=O)OC1CCOC1=O. The van der Waals surface area contributed by atoms with Crippen LogP contribution in [0, 0.1) is 0 Å². The summed E-state index contributed by atoms with van der Waals surface area (Å²) in [5, 5.41) is 0. The van der Waals surface area contributed by atoms with Gasteiger partial charge in [-0.2, -0.15) is 0 Å². The number of esters is 2. The van der Waals surface area contributed by atoms with Gasteiger partial charge in [-0.3, -0.25) is 4.79 Å². The van der Waals surface area contributed by atoms with Crippen LogP contribution in [0.2, 0.25) is 0 Å². The first kappa shape index (κ1) is 13.9. The third kappa shape index (κ3) is 4.67. The minimum absolute atomic E-state index is 0.168. The minimum atomic E-state index is -4.42. The highest BCUT2D eigenvalue weighted by atomic mass is 32.2. The fourth-order valence-corrected chi connectivity index (χ4v) is 1.74. The molecular formula is C8H12NO7S-. The highest BCUT2D eigenvalue weighted by Gasteiger charge is 2.31. The molecule has 1 heterocycles. The van der Waals surface area contributed by atoms with Crippen molar-refractivity contribution in [3.8, 4) is 0 Å². The van der Waals surface area contributed by atoms with E-state index in [4.69, 9.17) is 10.5 Å². The van der Waals surface area contributed by atoms with Gasteiger partial charge in [-0.1, -0.05) is 0 Å². The van der Waals surface area contributed by atoms with Crippen LogP contribution in [0.5, 0.6) is 0 Å². The number of ether oxygens (including phenoxy) is 2. The van der Waals surface area contributed by atoms with Crippen molar-refractivity contribution in [3.63, 3.8) is 0 Å². The Labute approximate surface area is 97.8 Å². The van der Waals surface area contributed by atoms with Gasteiger partial charge >= 0.3 is 11.9 Å². The lowest BCUT2D eigenvalue weighted by molar-refractivity contribution is -0.161. The van der Waals surface area contributed by atoms with E-state index >= 15 is 0 Å². The Balaban J connectivity index is 2.39. The van der Waals surface area contributed by atoms with Crippen LogP contribution in [0.15, 0.2) is 0 Å². The van der Waals surface area contributed by atoms with E-state index in [2.05, 4.69) is 4.74 Å². The van der Waals surface area contributed by atoms with Crippen LogP contribution in [-0.2, 0) is 29.2 Å². The molecule has 2 unspecified atom stereocenters. The smallest absolute Gasteiger partial charge is 0.347 e. The monoisotopic (exact) mass is 266 g/mol. The van der Waals surface area contributed by atoms with E-state index in [-0.39, 0.29) is 19.4 Å². The van der Waals surface area contributed by atoms with Crippen molar-refractivity contribution in [2.24, 2.45) is 5.73 Å². The molecule has 1 saturated heterocycles. The molecule has 2 atom stereocenters. The van der Waals surface area contributed by atoms with Crippen LogP contribution in [0.4, 0.5) is 0 Å². The molecule has 8 nitrogen and oxygen atoms in total. The largest absolute Gasteiger partial charge is 0.748 e. The maximum atomic E-state index is 11.3. The second-order valence-corrected chi connectivity index (χ2v) is 5.06. The first-order chi connectivity index (χ1) is 7.79. The molecule has 0 radical (unpaired) electrons. The normalized spacial score (nSPS) is 22.0. The Morgan fingerprint density at radius 2 is 2.29 bits per heavy atom. The van der Waals surface area contributed by atoms with Gasteiger partial charge in [0.05, 0.1) is 16.7 Å². The van der Waals surface area contributed by atoms with E-state index < -0.39 is 40.0 Å². The standard InChI is InChI=1S/C8H13NO7S/c9-5(2-4-17(12,13)14)7(10)16-6-1-3-15-8(6)11/h5-6H,1-4,9H2,(H,12,13,14)/p-1. The molecule has 0 amide bonds. The second kappa shape index (κ2) is 5.43. The predicted molar refractivity (Wildman–Crippen MR) is 52.6 cm³/mol. The summed E-state index contributed by atoms with van der Waals surface area (Å²) in [6.07, 6.45) is -1.08. The van der Waals surface area contributed by atoms with Crippen molar-refractivity contribution in [1.29, 1.82) is 0 Å². The third-order valence-electron chi connectivity index (χ3n) is 2.13. The summed E-state index contributed by atoms with van der Waals surface area (Å²) >= 11 is 0. The van der Waals surface area contributed by atoms with E-state index in [1.165, 1.54) is 0 Å². The molecule has 17 heavy (non-hydrogen) atoms. The van der Waals surface area contributed by atoms with E-state index in [1.807, 2.05) is 0 Å². The van der Waals surface area contributed by atoms with Gasteiger partial charge < -0.3 is 19.8 Å². The lowest BCUT2D eigenvalue weighted by Crippen LogP contribution is -2.37. The highest BCUT2D eigenvalue weighted by molar-refractivity contribution is 7.85. The van der Waals surface area contributed by atoms with Crippen LogP contribution in [0.3, 0.4) is 0 Å². The van der Waals surface area contributed by atoms with E-state index in [0.717, 1.165) is 0 Å². The van der Waals surface area contributed by atoms with Crippen LogP contribution < -0.4 is 5.73 Å². The Morgan fingerprint density at radius 3 is 2.76 bits per heavy atom. The number of hydrogen-bond donors (Lipinski definition) is 1. The maximum absolute atomic E-state index is 11.3. The lowest BCUT2D eigenvalue weighted by Gasteiger charge is -2.14. The summed E-state index contributed by atoms with van der Waals surface area (Å²) in [5.74, 6) is -2.32. The van der Waals surface area contributed by atoms with Gasteiger partial charge in [0, 0.05) is 12.2 Å². The van der Waals surface area contributed by atoms with Crippen molar-refractivity contribution >= 4 is 22.1 Å². The molecule has 1 rings (SSSR count). The molecule has 98 valence electrons. The molecule has 9 heteroatoms. The average Bonchev–Trinajstić information content (AvgIpc) is 2.59. The van der Waals surface area contributed by atoms with Gasteiger partial charge in [-0.15, -0.1) is 0 Å². The molecule has 0 aromatic rings. The molecule has 2 N–H and O–H groups in total. The molecule has 1 aliphatic rings. The topological polar surface area (TPSA) is 136 Å². The molecule has 0 bridgehead atoms. The van der Waals surface area contributed by atoms with Crippen molar-refractivity contribution < 1.29 is 32.0 Å². The van der Waals surface area contributed by atoms with Crippen molar-refractivity contribution in [1.82, 2.24) is 0 Å². The first-order valence-electron chi connectivity index (χ1n) is 4.86. The van der Waals surface area contributed by atoms with Gasteiger partial charge in [0.2, 0.25) is 6.10 Å². The number of carbonyl (C=O) groups is 2. The number of hydrogen-bond acceptors (Lipinski definition) is 8. The number of cyclic esters (lactones) is 1. The van der Waals surface area contributed by atoms with Crippen molar-refractivity contribution in [3.05, 3.63) is 0 Å². The van der Waals surface area contributed by atoms with Gasteiger partial charge in [-0.25, -0.2) is 13.2 Å². The Hall–Kier alpha value is -1.19. The summed E-state index contributed by atoms with van der Waals surface area (Å²) in [5.41, 5.74) is 5.32. The highest BCUT2D eigenvalue weighted by Crippen LogP contribution is 2.11.